The van der Waals surface area contributed by atoms with Crippen LogP contribution in [-0.4, -0.2) is 48.0 Å². The lowest BCUT2D eigenvalue weighted by atomic mass is 10.0. The maximum absolute atomic E-state index is 11.9. The van der Waals surface area contributed by atoms with E-state index in [1.165, 1.54) is 0 Å². The lowest BCUT2D eigenvalue weighted by molar-refractivity contribution is -0.134. The number of amides is 1. The number of hydrogen-bond acceptors (Lipinski definition) is 3. The first-order valence-corrected chi connectivity index (χ1v) is 6.04. The predicted molar refractivity (Wildman–Crippen MR) is 54.9 cm³/mol. The van der Waals surface area contributed by atoms with Crippen molar-refractivity contribution < 1.29 is 4.79 Å². The molecule has 0 spiro atoms. The second kappa shape index (κ2) is 3.88. The van der Waals surface area contributed by atoms with Crippen LogP contribution in [-0.2, 0) is 4.79 Å². The van der Waals surface area contributed by atoms with Gasteiger partial charge in [-0.3, -0.25) is 4.79 Å². The Balaban J connectivity index is 2.18. The number of nitrogens with one attached hydrogen (secondary N) is 1. The summed E-state index contributed by atoms with van der Waals surface area (Å²) in [5, 5.41) is 3.45. The van der Waals surface area contributed by atoms with Gasteiger partial charge >= 0.3 is 0 Å². The number of rotatable bonds is 0. The molecule has 13 heavy (non-hydrogen) atoms. The number of hydrogen-bond donors (Lipinski definition) is 1. The fraction of sp³-hybridized carbons (Fsp3) is 0.889. The smallest absolute Gasteiger partial charge is 0.227 e. The second-order valence-electron chi connectivity index (χ2n) is 3.75. The molecule has 2 heterocycles. The molecule has 0 radical (unpaired) electrons. The summed E-state index contributed by atoms with van der Waals surface area (Å²) in [6, 6.07) is 0.391. The highest BCUT2D eigenvalue weighted by molar-refractivity contribution is 7.99. The van der Waals surface area contributed by atoms with Crippen LogP contribution in [0.4, 0.5) is 0 Å². The van der Waals surface area contributed by atoms with Crippen molar-refractivity contribution in [1.82, 2.24) is 10.2 Å². The molecule has 2 rings (SSSR count). The number of carbonyl (C=O) groups excluding carboxylic acids is 1. The van der Waals surface area contributed by atoms with Gasteiger partial charge in [0, 0.05) is 37.2 Å². The number of fused-ring (bicyclic) bond motifs is 3. The van der Waals surface area contributed by atoms with Gasteiger partial charge < -0.3 is 10.2 Å². The highest BCUT2D eigenvalue weighted by atomic mass is 32.2. The van der Waals surface area contributed by atoms with Crippen molar-refractivity contribution in [3.05, 3.63) is 0 Å². The summed E-state index contributed by atoms with van der Waals surface area (Å²) in [4.78, 5) is 13.9. The maximum atomic E-state index is 11.9. The number of thioether (sulfide) groups is 1. The van der Waals surface area contributed by atoms with E-state index >= 15 is 0 Å². The fourth-order valence-corrected chi connectivity index (χ4v) is 3.12. The van der Waals surface area contributed by atoms with Crippen molar-refractivity contribution in [1.29, 1.82) is 0 Å². The largest absolute Gasteiger partial charge is 0.340 e. The molecule has 1 N–H and O–H groups in total. The van der Waals surface area contributed by atoms with Gasteiger partial charge in [0.05, 0.1) is 5.92 Å². The molecule has 0 aromatic rings. The Morgan fingerprint density at radius 1 is 1.54 bits per heavy atom. The summed E-state index contributed by atoms with van der Waals surface area (Å²) >= 11 is 1.95. The molecule has 0 aliphatic carbocycles. The molecular formula is C9H16N2OS. The Morgan fingerprint density at radius 3 is 3.23 bits per heavy atom. The zero-order valence-corrected chi connectivity index (χ0v) is 8.77. The van der Waals surface area contributed by atoms with E-state index in [4.69, 9.17) is 0 Å². The van der Waals surface area contributed by atoms with Gasteiger partial charge in [0.15, 0.2) is 0 Å². The monoisotopic (exact) mass is 200 g/mol. The third kappa shape index (κ3) is 1.83. The minimum Gasteiger partial charge on any atom is -0.340 e. The average molecular weight is 200 g/mol. The van der Waals surface area contributed by atoms with Crippen LogP contribution in [0.5, 0.6) is 0 Å². The quantitative estimate of drug-likeness (QED) is 0.605. The van der Waals surface area contributed by atoms with E-state index in [1.54, 1.807) is 0 Å². The van der Waals surface area contributed by atoms with Crippen molar-refractivity contribution in [2.24, 2.45) is 5.92 Å². The molecule has 0 aromatic heterocycles. The van der Waals surface area contributed by atoms with Gasteiger partial charge in [-0.1, -0.05) is 6.92 Å². The Labute approximate surface area is 83.2 Å². The molecule has 1 amide bonds. The molecule has 2 bridgehead atoms. The molecular weight excluding hydrogens is 184 g/mol. The van der Waals surface area contributed by atoms with Crippen LogP contribution in [0.25, 0.3) is 0 Å². The van der Waals surface area contributed by atoms with E-state index < -0.39 is 0 Å². The highest BCUT2D eigenvalue weighted by Gasteiger charge is 2.31. The normalized spacial score (nSPS) is 35.5. The standard InChI is InChI=1S/C9H16N2OS/c1-7-8-6-13-5-4-11(9(7)12)3-2-10-8/h7-8,10H,2-6H2,1H3. The lowest BCUT2D eigenvalue weighted by Crippen LogP contribution is -2.43. The molecule has 3 nitrogen and oxygen atoms in total. The van der Waals surface area contributed by atoms with E-state index in [2.05, 4.69) is 5.32 Å². The Hall–Kier alpha value is -0.220. The highest BCUT2D eigenvalue weighted by Crippen LogP contribution is 2.19. The first-order chi connectivity index (χ1) is 6.29. The van der Waals surface area contributed by atoms with Crippen LogP contribution < -0.4 is 5.32 Å². The van der Waals surface area contributed by atoms with E-state index in [0.717, 1.165) is 31.1 Å². The summed E-state index contributed by atoms with van der Waals surface area (Å²) in [6.07, 6.45) is 0. The first kappa shape index (κ1) is 9.34. The average Bonchev–Trinajstić information content (AvgIpc) is 2.28. The number of carbonyl (C=O) groups is 1. The van der Waals surface area contributed by atoms with E-state index in [9.17, 15) is 4.79 Å². The second-order valence-corrected chi connectivity index (χ2v) is 4.90. The first-order valence-electron chi connectivity index (χ1n) is 4.89. The van der Waals surface area contributed by atoms with Crippen LogP contribution in [0, 0.1) is 5.92 Å². The fourth-order valence-electron chi connectivity index (χ4n) is 1.94. The Morgan fingerprint density at radius 2 is 2.38 bits per heavy atom. The molecule has 2 fully saturated rings. The molecule has 4 heteroatoms. The zero-order chi connectivity index (χ0) is 9.26. The number of nitrogens with zero attached hydrogens (tertiary/aromatic N) is 1. The van der Waals surface area contributed by atoms with Crippen LogP contribution in [0.2, 0.25) is 0 Å². The molecule has 2 saturated heterocycles. The minimum atomic E-state index is 0.162. The van der Waals surface area contributed by atoms with Gasteiger partial charge in [0.2, 0.25) is 5.91 Å². The van der Waals surface area contributed by atoms with Crippen molar-refractivity contribution in [3.8, 4) is 0 Å². The van der Waals surface area contributed by atoms with Crippen LogP contribution >= 0.6 is 11.8 Å². The molecule has 74 valence electrons. The predicted octanol–water partition coefficient (Wildman–Crippen LogP) is 0.170. The third-order valence-corrected chi connectivity index (χ3v) is 3.96. The van der Waals surface area contributed by atoms with E-state index in [0.29, 0.717) is 11.9 Å². The van der Waals surface area contributed by atoms with Gasteiger partial charge in [-0.25, -0.2) is 0 Å². The van der Waals surface area contributed by atoms with Gasteiger partial charge in [0.25, 0.3) is 0 Å². The van der Waals surface area contributed by atoms with Crippen molar-refractivity contribution in [3.63, 3.8) is 0 Å². The van der Waals surface area contributed by atoms with Crippen LogP contribution in [0.15, 0.2) is 0 Å². The van der Waals surface area contributed by atoms with Crippen molar-refractivity contribution in [2.75, 3.05) is 31.1 Å². The van der Waals surface area contributed by atoms with Crippen LogP contribution in [0.1, 0.15) is 6.92 Å². The summed E-state index contributed by atoms with van der Waals surface area (Å²) in [7, 11) is 0. The van der Waals surface area contributed by atoms with E-state index in [1.807, 2.05) is 23.6 Å². The summed E-state index contributed by atoms with van der Waals surface area (Å²) in [5.41, 5.74) is 0. The topological polar surface area (TPSA) is 32.3 Å². The zero-order valence-electron chi connectivity index (χ0n) is 7.95. The Bertz CT molecular complexity index is 202. The summed E-state index contributed by atoms with van der Waals surface area (Å²) in [6.45, 7) is 4.83. The molecule has 0 aromatic carbocycles. The van der Waals surface area contributed by atoms with Crippen molar-refractivity contribution >= 4 is 17.7 Å². The SMILES string of the molecule is CC1C(=O)N2CCNC1CSCC2. The summed E-state index contributed by atoms with van der Waals surface area (Å²) < 4.78 is 0. The molecule has 2 atom stereocenters. The third-order valence-electron chi connectivity index (χ3n) is 2.90. The van der Waals surface area contributed by atoms with Crippen LogP contribution in [0.3, 0.4) is 0 Å². The van der Waals surface area contributed by atoms with Gasteiger partial charge in [0.1, 0.15) is 0 Å². The molecule has 2 aliphatic rings. The van der Waals surface area contributed by atoms with Gasteiger partial charge in [-0.05, 0) is 0 Å². The molecule has 2 unspecified atom stereocenters. The van der Waals surface area contributed by atoms with E-state index in [-0.39, 0.29) is 5.92 Å². The maximum Gasteiger partial charge on any atom is 0.227 e. The van der Waals surface area contributed by atoms with Gasteiger partial charge in [-0.15, -0.1) is 0 Å². The van der Waals surface area contributed by atoms with Crippen molar-refractivity contribution in [2.45, 2.75) is 13.0 Å². The van der Waals surface area contributed by atoms with Gasteiger partial charge in [-0.2, -0.15) is 11.8 Å². The lowest BCUT2D eigenvalue weighted by Gasteiger charge is -2.27. The Kier molecular flexibility index (Phi) is 2.79. The molecule has 2 aliphatic heterocycles. The molecule has 0 saturated carbocycles. The summed E-state index contributed by atoms with van der Waals surface area (Å²) in [5.74, 6) is 2.68. The minimum absolute atomic E-state index is 0.162.